The van der Waals surface area contributed by atoms with E-state index in [4.69, 9.17) is 4.52 Å². The Labute approximate surface area is 171 Å². The average molecular weight is 393 g/mol. The summed E-state index contributed by atoms with van der Waals surface area (Å²) in [5, 5.41) is 3.97. The molecule has 1 fully saturated rings. The zero-order chi connectivity index (χ0) is 20.2. The highest BCUT2D eigenvalue weighted by molar-refractivity contribution is 5.76. The number of benzene rings is 1. The number of aryl methyl sites for hydroxylation is 2. The van der Waals surface area contributed by atoms with E-state index in [9.17, 15) is 4.79 Å². The summed E-state index contributed by atoms with van der Waals surface area (Å²) in [7, 11) is 0. The summed E-state index contributed by atoms with van der Waals surface area (Å²) >= 11 is 0. The van der Waals surface area contributed by atoms with Crippen molar-refractivity contribution < 1.29 is 9.32 Å². The molecular weight excluding hydrogens is 364 g/mol. The molecule has 0 unspecified atom stereocenters. The molecule has 3 heterocycles. The fraction of sp³-hybridized carbons (Fsp3) is 0.435. The molecule has 1 aliphatic heterocycles. The van der Waals surface area contributed by atoms with E-state index < -0.39 is 0 Å². The third kappa shape index (κ3) is 4.42. The molecule has 0 atom stereocenters. The van der Waals surface area contributed by atoms with Gasteiger partial charge in [-0.3, -0.25) is 4.79 Å². The van der Waals surface area contributed by atoms with Crippen LogP contribution in [0.5, 0.6) is 0 Å². The molecule has 0 radical (unpaired) electrons. The molecule has 1 aliphatic rings. The van der Waals surface area contributed by atoms with Crippen LogP contribution in [0.1, 0.15) is 36.3 Å². The maximum atomic E-state index is 12.6. The van der Waals surface area contributed by atoms with Gasteiger partial charge in [0.2, 0.25) is 5.91 Å². The van der Waals surface area contributed by atoms with Crippen molar-refractivity contribution in [2.45, 2.75) is 46.1 Å². The van der Waals surface area contributed by atoms with Gasteiger partial charge in [-0.2, -0.15) is 0 Å². The molecule has 1 aromatic carbocycles. The van der Waals surface area contributed by atoms with Gasteiger partial charge in [0.1, 0.15) is 11.6 Å². The first kappa shape index (κ1) is 19.4. The maximum Gasteiger partial charge on any atom is 0.222 e. The van der Waals surface area contributed by atoms with E-state index in [-0.39, 0.29) is 5.91 Å². The highest BCUT2D eigenvalue weighted by atomic mass is 16.5. The van der Waals surface area contributed by atoms with Gasteiger partial charge >= 0.3 is 0 Å². The Kier molecular flexibility index (Phi) is 5.79. The van der Waals surface area contributed by atoms with Crippen LogP contribution in [0, 0.1) is 19.8 Å². The quantitative estimate of drug-likeness (QED) is 0.635. The number of hydrogen-bond donors (Lipinski definition) is 0. The van der Waals surface area contributed by atoms with E-state index in [0.29, 0.717) is 18.8 Å². The molecule has 0 bridgehead atoms. The number of rotatable bonds is 6. The molecule has 29 heavy (non-hydrogen) atoms. The normalized spacial score (nSPS) is 15.0. The highest BCUT2D eigenvalue weighted by Gasteiger charge is 2.24. The molecule has 0 aliphatic carbocycles. The van der Waals surface area contributed by atoms with Gasteiger partial charge in [-0.05, 0) is 39.0 Å². The number of aromatic nitrogens is 3. The van der Waals surface area contributed by atoms with Crippen LogP contribution in [0.15, 0.2) is 47.2 Å². The van der Waals surface area contributed by atoms with Crippen LogP contribution in [0.25, 0.3) is 11.4 Å². The van der Waals surface area contributed by atoms with E-state index in [0.717, 1.165) is 60.9 Å². The minimum Gasteiger partial charge on any atom is -0.361 e. The SMILES string of the molecule is Cc1noc(C)c1CCC(=O)N1CCC(Cn2ccnc2-c2ccccc2)CC1. The number of hydrogen-bond acceptors (Lipinski definition) is 4. The van der Waals surface area contributed by atoms with Crippen molar-refractivity contribution in [3.8, 4) is 11.4 Å². The Morgan fingerprint density at radius 2 is 1.93 bits per heavy atom. The minimum absolute atomic E-state index is 0.232. The number of imidazole rings is 1. The van der Waals surface area contributed by atoms with Gasteiger partial charge < -0.3 is 14.0 Å². The topological polar surface area (TPSA) is 64.2 Å². The molecule has 152 valence electrons. The summed E-state index contributed by atoms with van der Waals surface area (Å²) < 4.78 is 7.44. The molecule has 6 nitrogen and oxygen atoms in total. The van der Waals surface area contributed by atoms with E-state index in [1.54, 1.807) is 0 Å². The second-order valence-electron chi connectivity index (χ2n) is 7.90. The number of carbonyl (C=O) groups is 1. The molecule has 6 heteroatoms. The molecule has 2 aromatic heterocycles. The van der Waals surface area contributed by atoms with Crippen molar-refractivity contribution in [1.29, 1.82) is 0 Å². The Hall–Kier alpha value is -2.89. The van der Waals surface area contributed by atoms with E-state index in [1.807, 2.05) is 43.1 Å². The molecule has 0 N–H and O–H groups in total. The second-order valence-corrected chi connectivity index (χ2v) is 7.90. The Morgan fingerprint density at radius 1 is 1.17 bits per heavy atom. The van der Waals surface area contributed by atoms with Gasteiger partial charge in [-0.25, -0.2) is 4.98 Å². The number of amides is 1. The lowest BCUT2D eigenvalue weighted by Gasteiger charge is -2.32. The monoisotopic (exact) mass is 392 g/mol. The van der Waals surface area contributed by atoms with Crippen LogP contribution in [0.3, 0.4) is 0 Å². The van der Waals surface area contributed by atoms with Gasteiger partial charge in [-0.15, -0.1) is 0 Å². The van der Waals surface area contributed by atoms with Gasteiger partial charge in [0.25, 0.3) is 0 Å². The first-order valence-electron chi connectivity index (χ1n) is 10.4. The Bertz CT molecular complexity index is 933. The number of piperidine rings is 1. The predicted molar refractivity (Wildman–Crippen MR) is 111 cm³/mol. The van der Waals surface area contributed by atoms with Crippen LogP contribution in [-0.4, -0.2) is 38.6 Å². The fourth-order valence-electron chi connectivity index (χ4n) is 4.20. The molecule has 1 saturated heterocycles. The first-order chi connectivity index (χ1) is 14.1. The molecule has 0 spiro atoms. The summed E-state index contributed by atoms with van der Waals surface area (Å²) in [6.07, 6.45) is 7.22. The summed E-state index contributed by atoms with van der Waals surface area (Å²) in [5.74, 6) is 2.64. The third-order valence-electron chi connectivity index (χ3n) is 5.94. The van der Waals surface area contributed by atoms with Crippen molar-refractivity contribution >= 4 is 5.91 Å². The molecule has 3 aromatic rings. The fourth-order valence-corrected chi connectivity index (χ4v) is 4.20. The lowest BCUT2D eigenvalue weighted by Crippen LogP contribution is -2.39. The van der Waals surface area contributed by atoms with Crippen LogP contribution < -0.4 is 0 Å². The zero-order valence-electron chi connectivity index (χ0n) is 17.2. The van der Waals surface area contributed by atoms with Crippen molar-refractivity contribution in [3.05, 3.63) is 59.7 Å². The van der Waals surface area contributed by atoms with E-state index >= 15 is 0 Å². The summed E-state index contributed by atoms with van der Waals surface area (Å²) in [6, 6.07) is 10.3. The molecular formula is C23H28N4O2. The minimum atomic E-state index is 0.232. The predicted octanol–water partition coefficient (Wildman–Crippen LogP) is 4.03. The van der Waals surface area contributed by atoms with Gasteiger partial charge in [0.15, 0.2) is 0 Å². The van der Waals surface area contributed by atoms with Gasteiger partial charge in [-0.1, -0.05) is 35.5 Å². The Morgan fingerprint density at radius 3 is 2.62 bits per heavy atom. The lowest BCUT2D eigenvalue weighted by atomic mass is 9.96. The molecule has 0 saturated carbocycles. The second kappa shape index (κ2) is 8.64. The summed E-state index contributed by atoms with van der Waals surface area (Å²) in [6.45, 7) is 6.46. The zero-order valence-corrected chi connectivity index (χ0v) is 17.2. The van der Waals surface area contributed by atoms with E-state index in [1.165, 1.54) is 0 Å². The van der Waals surface area contributed by atoms with Crippen LogP contribution in [-0.2, 0) is 17.8 Å². The third-order valence-corrected chi connectivity index (χ3v) is 5.94. The van der Waals surface area contributed by atoms with Crippen LogP contribution >= 0.6 is 0 Å². The van der Waals surface area contributed by atoms with Crippen molar-refractivity contribution in [2.24, 2.45) is 5.92 Å². The van der Waals surface area contributed by atoms with Crippen molar-refractivity contribution in [1.82, 2.24) is 19.6 Å². The average Bonchev–Trinajstić information content (AvgIpc) is 3.34. The molecule has 1 amide bonds. The summed E-state index contributed by atoms with van der Waals surface area (Å²) in [4.78, 5) is 19.2. The smallest absolute Gasteiger partial charge is 0.222 e. The Balaban J connectivity index is 1.29. The number of likely N-dealkylation sites (tertiary alicyclic amines) is 1. The van der Waals surface area contributed by atoms with E-state index in [2.05, 4.69) is 33.0 Å². The highest BCUT2D eigenvalue weighted by Crippen LogP contribution is 2.24. The van der Waals surface area contributed by atoms with Crippen LogP contribution in [0.4, 0.5) is 0 Å². The first-order valence-corrected chi connectivity index (χ1v) is 10.4. The number of nitrogens with zero attached hydrogens (tertiary/aromatic N) is 4. The standard InChI is InChI=1S/C23H28N4O2/c1-17-21(18(2)29-25-17)8-9-22(28)26-13-10-19(11-14-26)16-27-15-12-24-23(27)20-6-4-3-5-7-20/h3-7,12,15,19H,8-11,13-14,16H2,1-2H3. The lowest BCUT2D eigenvalue weighted by molar-refractivity contribution is -0.132. The van der Waals surface area contributed by atoms with Crippen molar-refractivity contribution in [3.63, 3.8) is 0 Å². The van der Waals surface area contributed by atoms with Crippen LogP contribution in [0.2, 0.25) is 0 Å². The summed E-state index contributed by atoms with van der Waals surface area (Å²) in [5.41, 5.74) is 3.11. The van der Waals surface area contributed by atoms with Gasteiger partial charge in [0.05, 0.1) is 5.69 Å². The van der Waals surface area contributed by atoms with Gasteiger partial charge in [0, 0.05) is 49.6 Å². The number of carbonyl (C=O) groups excluding carboxylic acids is 1. The maximum absolute atomic E-state index is 12.6. The molecule has 4 rings (SSSR count). The van der Waals surface area contributed by atoms with Crippen molar-refractivity contribution in [2.75, 3.05) is 13.1 Å². The largest absolute Gasteiger partial charge is 0.361 e.